The molecule has 0 saturated carbocycles. The third-order valence-electron chi connectivity index (χ3n) is 6.49. The molecule has 5 aromatic rings. The van der Waals surface area contributed by atoms with E-state index >= 15 is 0 Å². The van der Waals surface area contributed by atoms with Crippen molar-refractivity contribution in [1.82, 2.24) is 30.1 Å². The fourth-order valence-electron chi connectivity index (χ4n) is 4.43. The maximum absolute atomic E-state index is 14.6. The molecule has 0 aliphatic rings. The Balaban J connectivity index is 1.54. The molecular formula is C31H30FN7. The fraction of sp³-hybridized carbons (Fsp3) is 0.161. The normalized spacial score (nSPS) is 12.3. The van der Waals surface area contributed by atoms with Crippen LogP contribution in [0.4, 0.5) is 10.1 Å². The minimum Gasteiger partial charge on any atom is -0.358 e. The molecule has 0 spiro atoms. The number of unbranched alkanes of at least 4 members (excludes halogenated alkanes) is 1. The van der Waals surface area contributed by atoms with Gasteiger partial charge in [-0.1, -0.05) is 50.8 Å². The van der Waals surface area contributed by atoms with Gasteiger partial charge >= 0.3 is 0 Å². The van der Waals surface area contributed by atoms with Crippen LogP contribution in [0.2, 0.25) is 0 Å². The average molecular weight is 520 g/mol. The third kappa shape index (κ3) is 5.40. The molecule has 1 aromatic carbocycles. The minimum atomic E-state index is -0.330. The van der Waals surface area contributed by atoms with Crippen molar-refractivity contribution < 1.29 is 4.39 Å². The van der Waals surface area contributed by atoms with Crippen LogP contribution in [0.5, 0.6) is 0 Å². The summed E-state index contributed by atoms with van der Waals surface area (Å²) in [6, 6.07) is 8.61. The van der Waals surface area contributed by atoms with Crippen molar-refractivity contribution in [3.8, 4) is 22.6 Å². The van der Waals surface area contributed by atoms with E-state index in [-0.39, 0.29) is 5.82 Å². The first-order chi connectivity index (χ1) is 19.0. The van der Waals surface area contributed by atoms with Crippen LogP contribution >= 0.6 is 0 Å². The lowest BCUT2D eigenvalue weighted by Gasteiger charge is -2.10. The Hall–Kier alpha value is -4.85. The predicted octanol–water partition coefficient (Wildman–Crippen LogP) is 5.96. The fourth-order valence-corrected chi connectivity index (χ4v) is 4.43. The number of allylic oxidation sites excluding steroid dienone is 2. The zero-order valence-electron chi connectivity index (χ0n) is 22.1. The van der Waals surface area contributed by atoms with Gasteiger partial charge in [0.2, 0.25) is 0 Å². The lowest BCUT2D eigenvalue weighted by Crippen LogP contribution is -2.23. The van der Waals surface area contributed by atoms with Crippen molar-refractivity contribution in [2.24, 2.45) is 0 Å². The van der Waals surface area contributed by atoms with E-state index in [9.17, 15) is 4.39 Å². The highest BCUT2D eigenvalue weighted by Gasteiger charge is 2.16. The van der Waals surface area contributed by atoms with Crippen LogP contribution in [-0.4, -0.2) is 30.1 Å². The lowest BCUT2D eigenvalue weighted by atomic mass is 10.1. The number of nitrogens with one attached hydrogen (secondary N) is 3. The van der Waals surface area contributed by atoms with Crippen LogP contribution in [0.25, 0.3) is 51.4 Å². The number of benzene rings is 1. The zero-order chi connectivity index (χ0) is 27.4. The molecule has 5 rings (SSSR count). The Kier molecular flexibility index (Phi) is 7.45. The van der Waals surface area contributed by atoms with Crippen molar-refractivity contribution >= 4 is 34.4 Å². The van der Waals surface area contributed by atoms with E-state index in [0.717, 1.165) is 52.4 Å². The van der Waals surface area contributed by atoms with Crippen LogP contribution in [0.3, 0.4) is 0 Å². The first-order valence-corrected chi connectivity index (χ1v) is 12.9. The second-order valence-corrected chi connectivity index (χ2v) is 9.30. The predicted molar refractivity (Wildman–Crippen MR) is 156 cm³/mol. The summed E-state index contributed by atoms with van der Waals surface area (Å²) in [5.41, 5.74) is 6.43. The topological polar surface area (TPSA) is 95.2 Å². The zero-order valence-corrected chi connectivity index (χ0v) is 22.1. The Morgan fingerprint density at radius 2 is 1.90 bits per heavy atom. The number of aromatic amines is 2. The van der Waals surface area contributed by atoms with Crippen LogP contribution in [0.1, 0.15) is 38.7 Å². The van der Waals surface area contributed by atoms with Gasteiger partial charge in [0, 0.05) is 40.0 Å². The van der Waals surface area contributed by atoms with E-state index in [4.69, 9.17) is 4.98 Å². The average Bonchev–Trinajstić information content (AvgIpc) is 3.56. The SMILES string of the molecule is C=C(CCCC)Nc1cncc(C(=C)/C=c2/c(-c3nc4c(-c5ccccc5F)cncc4[nH]3)n[nH]/c2=C/C)c1. The van der Waals surface area contributed by atoms with E-state index in [2.05, 4.69) is 50.5 Å². The van der Waals surface area contributed by atoms with Crippen molar-refractivity contribution in [2.45, 2.75) is 33.1 Å². The molecule has 8 heteroatoms. The lowest BCUT2D eigenvalue weighted by molar-refractivity contribution is 0.631. The summed E-state index contributed by atoms with van der Waals surface area (Å²) in [6.45, 7) is 12.5. The number of anilines is 1. The summed E-state index contributed by atoms with van der Waals surface area (Å²) >= 11 is 0. The van der Waals surface area contributed by atoms with Gasteiger partial charge in [-0.25, -0.2) is 9.37 Å². The molecule has 0 bridgehead atoms. The molecule has 0 amide bonds. The van der Waals surface area contributed by atoms with Gasteiger partial charge in [-0.05, 0) is 43.5 Å². The molecule has 4 aromatic heterocycles. The quantitative estimate of drug-likeness (QED) is 0.223. The molecule has 0 radical (unpaired) electrons. The number of fused-ring (bicyclic) bond motifs is 1. The van der Waals surface area contributed by atoms with Gasteiger partial charge < -0.3 is 10.3 Å². The molecule has 0 aliphatic heterocycles. The monoisotopic (exact) mass is 519 g/mol. The second kappa shape index (κ2) is 11.3. The molecule has 7 nitrogen and oxygen atoms in total. The highest BCUT2D eigenvalue weighted by atomic mass is 19.1. The van der Waals surface area contributed by atoms with Crippen LogP contribution in [-0.2, 0) is 0 Å². The number of rotatable bonds is 9. The maximum Gasteiger partial charge on any atom is 0.159 e. The summed E-state index contributed by atoms with van der Waals surface area (Å²) in [7, 11) is 0. The Bertz CT molecular complexity index is 1800. The maximum atomic E-state index is 14.6. The van der Waals surface area contributed by atoms with E-state index < -0.39 is 0 Å². The molecule has 0 fully saturated rings. The Labute approximate surface area is 226 Å². The summed E-state index contributed by atoms with van der Waals surface area (Å²) in [4.78, 5) is 16.8. The largest absolute Gasteiger partial charge is 0.358 e. The standard InChI is InChI=1S/C31H30FN7/c1-5-7-10-20(4)35-22-14-21(15-33-16-22)19(3)13-24-27(6-2)38-39-30(24)31-36-28-18-34-17-25(29(28)37-31)23-11-8-9-12-26(23)32/h6,8-9,11-18,35,38H,3-5,7,10H2,1-2H3,(H,36,37)/b24-13+,27-6+. The van der Waals surface area contributed by atoms with Crippen LogP contribution in [0.15, 0.2) is 74.0 Å². The minimum absolute atomic E-state index is 0.330. The van der Waals surface area contributed by atoms with Crippen molar-refractivity contribution in [2.75, 3.05) is 5.32 Å². The molecule has 39 heavy (non-hydrogen) atoms. The highest BCUT2D eigenvalue weighted by molar-refractivity contribution is 5.93. The van der Waals surface area contributed by atoms with E-state index in [1.165, 1.54) is 6.07 Å². The molecule has 0 saturated heterocycles. The van der Waals surface area contributed by atoms with E-state index in [1.807, 2.05) is 25.1 Å². The molecule has 4 heterocycles. The van der Waals surface area contributed by atoms with Gasteiger partial charge in [-0.2, -0.15) is 5.10 Å². The number of pyridine rings is 2. The van der Waals surface area contributed by atoms with Gasteiger partial charge in [0.25, 0.3) is 0 Å². The van der Waals surface area contributed by atoms with Gasteiger partial charge in [0.05, 0.1) is 28.9 Å². The highest BCUT2D eigenvalue weighted by Crippen LogP contribution is 2.29. The summed E-state index contributed by atoms with van der Waals surface area (Å²) < 4.78 is 14.6. The summed E-state index contributed by atoms with van der Waals surface area (Å²) in [5, 5.41) is 12.6. The van der Waals surface area contributed by atoms with Crippen LogP contribution in [0, 0.1) is 5.82 Å². The van der Waals surface area contributed by atoms with Gasteiger partial charge in [0.15, 0.2) is 5.82 Å². The van der Waals surface area contributed by atoms with Gasteiger partial charge in [-0.3, -0.25) is 15.1 Å². The molecule has 0 atom stereocenters. The van der Waals surface area contributed by atoms with Gasteiger partial charge in [-0.15, -0.1) is 0 Å². The smallest absolute Gasteiger partial charge is 0.159 e. The summed E-state index contributed by atoms with van der Waals surface area (Å²) in [6.07, 6.45) is 13.9. The number of hydrogen-bond acceptors (Lipinski definition) is 5. The first-order valence-electron chi connectivity index (χ1n) is 12.9. The number of hydrogen-bond donors (Lipinski definition) is 3. The third-order valence-corrected chi connectivity index (χ3v) is 6.49. The first kappa shape index (κ1) is 25.8. The Morgan fingerprint density at radius 1 is 1.08 bits per heavy atom. The van der Waals surface area contributed by atoms with Crippen molar-refractivity contribution in [3.63, 3.8) is 0 Å². The summed E-state index contributed by atoms with van der Waals surface area (Å²) in [5.74, 6) is 0.211. The van der Waals surface area contributed by atoms with Crippen LogP contribution < -0.4 is 15.9 Å². The number of H-pyrrole nitrogens is 2. The van der Waals surface area contributed by atoms with E-state index in [1.54, 1.807) is 43.0 Å². The van der Waals surface area contributed by atoms with Crippen molar-refractivity contribution in [1.29, 1.82) is 0 Å². The van der Waals surface area contributed by atoms with Gasteiger partial charge in [0.1, 0.15) is 17.0 Å². The number of nitrogens with zero attached hydrogens (tertiary/aromatic N) is 4. The number of halogens is 1. The molecule has 0 aliphatic carbocycles. The second-order valence-electron chi connectivity index (χ2n) is 9.30. The molecule has 196 valence electrons. The number of aromatic nitrogens is 6. The Morgan fingerprint density at radius 3 is 2.69 bits per heavy atom. The number of imidazole rings is 1. The van der Waals surface area contributed by atoms with Crippen molar-refractivity contribution in [3.05, 3.63) is 95.9 Å². The van der Waals surface area contributed by atoms with E-state index in [0.29, 0.717) is 33.7 Å². The molecular weight excluding hydrogens is 489 g/mol. The molecule has 3 N–H and O–H groups in total. The molecule has 0 unspecified atom stereocenters.